The summed E-state index contributed by atoms with van der Waals surface area (Å²) < 4.78 is 25.2. The Kier molecular flexibility index (Phi) is 11.5. The third-order valence-electron chi connectivity index (χ3n) is 7.93. The van der Waals surface area contributed by atoms with Crippen LogP contribution in [0.3, 0.4) is 0 Å². The van der Waals surface area contributed by atoms with Crippen LogP contribution in [0.4, 0.5) is 5.82 Å². The number of hydrogen-bond acceptors (Lipinski definition) is 12. The molecule has 2 atom stereocenters. The zero-order chi connectivity index (χ0) is 31.0. The highest BCUT2D eigenvalue weighted by atomic mass is 35.5. The van der Waals surface area contributed by atoms with Gasteiger partial charge in [-0.15, -0.1) is 0 Å². The second-order valence-corrected chi connectivity index (χ2v) is 12.2. The Hall–Kier alpha value is -2.43. The number of ether oxygens (including phenoxy) is 4. The fourth-order valence-corrected chi connectivity index (χ4v) is 6.16. The predicted octanol–water partition coefficient (Wildman–Crippen LogP) is 3.13. The van der Waals surface area contributed by atoms with Crippen molar-refractivity contribution in [3.63, 3.8) is 0 Å². The van der Waals surface area contributed by atoms with Crippen molar-refractivity contribution in [1.29, 1.82) is 0 Å². The van der Waals surface area contributed by atoms with Crippen molar-refractivity contribution in [3.05, 3.63) is 28.4 Å². The van der Waals surface area contributed by atoms with Crippen LogP contribution in [-0.2, 0) is 32.0 Å². The molecule has 2 unspecified atom stereocenters. The Morgan fingerprint density at radius 1 is 0.667 bits per heavy atom. The summed E-state index contributed by atoms with van der Waals surface area (Å²) in [7, 11) is 0. The van der Waals surface area contributed by atoms with Crippen LogP contribution in [0.1, 0.15) is 12.8 Å². The van der Waals surface area contributed by atoms with Gasteiger partial charge in [-0.05, 0) is 36.0 Å². The monoisotopic (exact) mass is 682 g/mol. The van der Waals surface area contributed by atoms with Gasteiger partial charge in [0.25, 0.3) is 0 Å². The number of nitrogens with one attached hydrogen (secondary N) is 1. The van der Waals surface area contributed by atoms with E-state index in [1.165, 1.54) is 0 Å². The molecule has 8 heterocycles. The Morgan fingerprint density at radius 3 is 1.76 bits per heavy atom. The smallest absolute Gasteiger partial charge is 0.226 e. The molecular formula is C28H37Cl3N10O4. The van der Waals surface area contributed by atoms with Crippen molar-refractivity contribution in [1.82, 2.24) is 44.4 Å². The molecule has 4 saturated heterocycles. The number of fused-ring (bicyclic) bond motifs is 2. The van der Waals surface area contributed by atoms with E-state index in [-0.39, 0.29) is 10.6 Å². The second-order valence-electron chi connectivity index (χ2n) is 11.2. The molecule has 0 radical (unpaired) electrons. The Balaban J connectivity index is 0.000000137. The van der Waals surface area contributed by atoms with Crippen molar-refractivity contribution >= 4 is 62.9 Å². The zero-order valence-electron chi connectivity index (χ0n) is 24.9. The zero-order valence-corrected chi connectivity index (χ0v) is 27.2. The van der Waals surface area contributed by atoms with E-state index in [1.54, 1.807) is 6.33 Å². The summed E-state index contributed by atoms with van der Waals surface area (Å²) in [5.74, 6) is 1.82. The summed E-state index contributed by atoms with van der Waals surface area (Å²) in [6.45, 7) is 11.7. The minimum atomic E-state index is 0.145. The van der Waals surface area contributed by atoms with Crippen molar-refractivity contribution in [2.75, 3.05) is 83.9 Å². The molecule has 17 heteroatoms. The highest BCUT2D eigenvalue weighted by Gasteiger charge is 2.23. The minimum absolute atomic E-state index is 0.145. The average molecular weight is 684 g/mol. The van der Waals surface area contributed by atoms with Gasteiger partial charge < -0.3 is 38.3 Å². The van der Waals surface area contributed by atoms with Crippen LogP contribution in [0.5, 0.6) is 0 Å². The van der Waals surface area contributed by atoms with Gasteiger partial charge in [0.05, 0.1) is 52.3 Å². The maximum absolute atomic E-state index is 6.14. The summed E-state index contributed by atoms with van der Waals surface area (Å²) in [6, 6.07) is 0. The van der Waals surface area contributed by atoms with Crippen molar-refractivity contribution in [2.24, 2.45) is 11.8 Å². The molecule has 4 aliphatic rings. The molecule has 14 nitrogen and oxygen atoms in total. The topological polar surface area (TPSA) is 139 Å². The van der Waals surface area contributed by atoms with Crippen LogP contribution >= 0.6 is 34.8 Å². The summed E-state index contributed by atoms with van der Waals surface area (Å²) >= 11 is 17.9. The average Bonchev–Trinajstić information content (AvgIpc) is 3.89. The molecule has 0 bridgehead atoms. The lowest BCUT2D eigenvalue weighted by Crippen LogP contribution is -2.37. The molecule has 0 spiro atoms. The van der Waals surface area contributed by atoms with E-state index in [4.69, 9.17) is 53.8 Å². The number of hydrogen-bond donors (Lipinski definition) is 1. The van der Waals surface area contributed by atoms with Crippen molar-refractivity contribution < 1.29 is 18.9 Å². The molecule has 8 rings (SSSR count). The van der Waals surface area contributed by atoms with Gasteiger partial charge in [0, 0.05) is 64.3 Å². The number of rotatable bonds is 5. The Morgan fingerprint density at radius 2 is 1.22 bits per heavy atom. The first-order chi connectivity index (χ1) is 22.0. The highest BCUT2D eigenvalue weighted by Crippen LogP contribution is 2.27. The van der Waals surface area contributed by atoms with E-state index in [0.717, 1.165) is 109 Å². The number of morpholine rings is 2. The molecule has 4 aromatic rings. The molecule has 0 saturated carbocycles. The number of imidazole rings is 2. The van der Waals surface area contributed by atoms with Gasteiger partial charge in [-0.3, -0.25) is 0 Å². The van der Waals surface area contributed by atoms with E-state index >= 15 is 0 Å². The molecule has 45 heavy (non-hydrogen) atoms. The normalized spacial score (nSPS) is 21.9. The van der Waals surface area contributed by atoms with Crippen LogP contribution in [0.2, 0.25) is 15.7 Å². The lowest BCUT2D eigenvalue weighted by atomic mass is 10.1. The van der Waals surface area contributed by atoms with E-state index in [2.05, 4.69) is 44.7 Å². The third kappa shape index (κ3) is 8.49. The summed E-state index contributed by atoms with van der Waals surface area (Å²) in [6.07, 6.45) is 5.69. The summed E-state index contributed by atoms with van der Waals surface area (Å²) in [5.41, 5.74) is 2.88. The van der Waals surface area contributed by atoms with Gasteiger partial charge in [-0.2, -0.15) is 15.0 Å². The largest absolute Gasteiger partial charge is 0.381 e. The molecule has 4 aliphatic heterocycles. The van der Waals surface area contributed by atoms with Gasteiger partial charge in [0.2, 0.25) is 10.6 Å². The number of halogens is 3. The molecule has 0 aromatic carbocycles. The minimum Gasteiger partial charge on any atom is -0.381 e. The van der Waals surface area contributed by atoms with E-state index in [1.807, 2.05) is 10.9 Å². The fraction of sp³-hybridized carbons (Fsp3) is 0.643. The number of aromatic nitrogens is 8. The molecular weight excluding hydrogens is 647 g/mol. The molecule has 4 aromatic heterocycles. The van der Waals surface area contributed by atoms with Crippen LogP contribution < -0.4 is 10.2 Å². The highest BCUT2D eigenvalue weighted by molar-refractivity contribution is 6.35. The third-order valence-corrected chi connectivity index (χ3v) is 8.53. The quantitative estimate of drug-likeness (QED) is 0.244. The standard InChI is InChI=1S/C14H18ClN5O2.C10H10Cl2N4O.C4H9NO/c15-14-17-12(19-2-5-21-6-3-19)11-13(18-14)20(9-16-11)7-10-1-4-22-8-10;11-8-7-9(15-10(12)14-8)16(5-13-7)3-6-1-2-17-4-6;1-3-6-4-2-5-1/h9-10H,1-8H2;5-6H,1-4H2;5H,1-4H2. The van der Waals surface area contributed by atoms with Crippen LogP contribution in [0.15, 0.2) is 12.7 Å². The Bertz CT molecular complexity index is 1520. The SMILES string of the molecule is C1COCCN1.Clc1nc(Cl)c2ncn(CC3CCOC3)c2n1.Clc1nc(N2CCOCC2)c2ncn(CC3CCOC3)c2n1. The maximum atomic E-state index is 6.14. The fourth-order valence-electron chi connectivity index (χ4n) is 5.58. The predicted molar refractivity (Wildman–Crippen MR) is 170 cm³/mol. The van der Waals surface area contributed by atoms with E-state index < -0.39 is 0 Å². The lowest BCUT2D eigenvalue weighted by molar-refractivity contribution is 0.109. The van der Waals surface area contributed by atoms with Crippen LogP contribution in [-0.4, -0.2) is 118 Å². The van der Waals surface area contributed by atoms with Crippen molar-refractivity contribution in [3.8, 4) is 0 Å². The number of nitrogens with zero attached hydrogens (tertiary/aromatic N) is 9. The molecule has 0 amide bonds. The van der Waals surface area contributed by atoms with E-state index in [0.29, 0.717) is 41.4 Å². The van der Waals surface area contributed by atoms with Gasteiger partial charge in [-0.1, -0.05) is 11.6 Å². The van der Waals surface area contributed by atoms with E-state index in [9.17, 15) is 0 Å². The van der Waals surface area contributed by atoms with Crippen molar-refractivity contribution in [2.45, 2.75) is 25.9 Å². The molecule has 0 aliphatic carbocycles. The summed E-state index contributed by atoms with van der Waals surface area (Å²) in [4.78, 5) is 27.7. The first-order valence-electron chi connectivity index (χ1n) is 15.2. The molecule has 4 fully saturated rings. The van der Waals surface area contributed by atoms with Crippen LogP contribution in [0, 0.1) is 11.8 Å². The molecule has 1 N–H and O–H groups in total. The number of anilines is 1. The Labute approximate surface area is 275 Å². The van der Waals surface area contributed by atoms with Gasteiger partial charge >= 0.3 is 0 Å². The molecule has 244 valence electrons. The first kappa shape index (κ1) is 32.5. The van der Waals surface area contributed by atoms with Gasteiger partial charge in [-0.25, -0.2) is 15.0 Å². The van der Waals surface area contributed by atoms with Gasteiger partial charge in [0.15, 0.2) is 27.8 Å². The second kappa shape index (κ2) is 15.9. The maximum Gasteiger partial charge on any atom is 0.226 e. The summed E-state index contributed by atoms with van der Waals surface area (Å²) in [5, 5.41) is 3.86. The first-order valence-corrected chi connectivity index (χ1v) is 16.4. The lowest BCUT2D eigenvalue weighted by Gasteiger charge is -2.27. The van der Waals surface area contributed by atoms with Crippen LogP contribution in [0.25, 0.3) is 22.3 Å². The van der Waals surface area contributed by atoms with Gasteiger partial charge in [0.1, 0.15) is 5.52 Å².